The molecule has 0 amide bonds. The molecule has 0 spiro atoms. The lowest BCUT2D eigenvalue weighted by atomic mass is 9.88. The van der Waals surface area contributed by atoms with E-state index in [0.717, 1.165) is 0 Å². The molecule has 2 atom stereocenters. The maximum absolute atomic E-state index is 13.8. The lowest BCUT2D eigenvalue weighted by Crippen LogP contribution is -2.39. The zero-order chi connectivity index (χ0) is 19.2. The third kappa shape index (κ3) is 3.62. The molecule has 0 saturated carbocycles. The molecule has 0 fully saturated rings. The Labute approximate surface area is 160 Å². The summed E-state index contributed by atoms with van der Waals surface area (Å²) in [6, 6.07) is 5.59. The monoisotopic (exact) mass is 397 g/mol. The second-order valence-electron chi connectivity index (χ2n) is 7.15. The number of carbonyl (C=O) groups excluding carboxylic acids is 1. The first kappa shape index (κ1) is 18.9. The molecule has 0 radical (unpaired) electrons. The van der Waals surface area contributed by atoms with Crippen LogP contribution in [0.5, 0.6) is 0 Å². The van der Waals surface area contributed by atoms with E-state index >= 15 is 0 Å². The van der Waals surface area contributed by atoms with Crippen molar-refractivity contribution in [2.75, 3.05) is 0 Å². The highest BCUT2D eigenvalue weighted by molar-refractivity contribution is 6.42. The van der Waals surface area contributed by atoms with E-state index in [4.69, 9.17) is 27.9 Å². The molecule has 0 saturated heterocycles. The van der Waals surface area contributed by atoms with Gasteiger partial charge in [-0.05, 0) is 45.4 Å². The van der Waals surface area contributed by atoms with Gasteiger partial charge in [0.25, 0.3) is 0 Å². The molecule has 2 aromatic rings. The van der Waals surface area contributed by atoms with E-state index in [0.29, 0.717) is 27.1 Å². The summed E-state index contributed by atoms with van der Waals surface area (Å²) in [6.07, 6.45) is 0. The topological polar surface area (TPSA) is 56.5 Å². The maximum Gasteiger partial charge on any atom is 0.317 e. The molecule has 2 heterocycles. The van der Waals surface area contributed by atoms with Crippen LogP contribution in [0.3, 0.4) is 0 Å². The molecule has 0 bridgehead atoms. The van der Waals surface area contributed by atoms with Gasteiger partial charge < -0.3 is 4.74 Å². The Bertz CT molecular complexity index is 902. The summed E-state index contributed by atoms with van der Waals surface area (Å²) in [5.74, 6) is -1.57. The molecule has 5 nitrogen and oxygen atoms in total. The number of esters is 1. The molecule has 2 unspecified atom stereocenters. The summed E-state index contributed by atoms with van der Waals surface area (Å²) >= 11 is 12.2. The number of halogens is 3. The average Bonchev–Trinajstić information content (AvgIpc) is 2.86. The standard InChI is InChI=1S/C18H18Cl2FN3O2/c1-9-15(17(25)26-18(2,3)4)16(10-5-6-11(19)12(20)7-10)24-14(22-9)8-13(21)23-24/h5-8,15-16H,1-4H3. The molecule has 26 heavy (non-hydrogen) atoms. The van der Waals surface area contributed by atoms with Crippen LogP contribution in [0.4, 0.5) is 10.2 Å². The number of hydrogen-bond acceptors (Lipinski definition) is 4. The van der Waals surface area contributed by atoms with Gasteiger partial charge in [-0.15, -0.1) is 5.10 Å². The summed E-state index contributed by atoms with van der Waals surface area (Å²) in [5, 5.41) is 4.60. The molecular formula is C18H18Cl2FN3O2. The van der Waals surface area contributed by atoms with Crippen molar-refractivity contribution in [1.29, 1.82) is 0 Å². The van der Waals surface area contributed by atoms with Crippen molar-refractivity contribution < 1.29 is 13.9 Å². The number of aromatic nitrogens is 2. The summed E-state index contributed by atoms with van der Waals surface area (Å²) < 4.78 is 20.7. The zero-order valence-electron chi connectivity index (χ0n) is 14.8. The van der Waals surface area contributed by atoms with Gasteiger partial charge in [-0.25, -0.2) is 9.67 Å². The van der Waals surface area contributed by atoms with E-state index in [-0.39, 0.29) is 0 Å². The van der Waals surface area contributed by atoms with Crippen LogP contribution in [0, 0.1) is 11.9 Å². The van der Waals surface area contributed by atoms with Gasteiger partial charge in [-0.3, -0.25) is 4.79 Å². The quantitative estimate of drug-likeness (QED) is 0.671. The number of rotatable bonds is 2. The van der Waals surface area contributed by atoms with Crippen molar-refractivity contribution in [3.63, 3.8) is 0 Å². The van der Waals surface area contributed by atoms with Gasteiger partial charge in [-0.2, -0.15) is 4.39 Å². The van der Waals surface area contributed by atoms with Crippen LogP contribution >= 0.6 is 23.2 Å². The predicted molar refractivity (Wildman–Crippen MR) is 98.9 cm³/mol. The van der Waals surface area contributed by atoms with Gasteiger partial charge in [0.2, 0.25) is 5.95 Å². The van der Waals surface area contributed by atoms with Crippen LogP contribution in [0.1, 0.15) is 39.3 Å². The van der Waals surface area contributed by atoms with Crippen molar-refractivity contribution in [3.8, 4) is 0 Å². The van der Waals surface area contributed by atoms with Gasteiger partial charge in [0.15, 0.2) is 5.82 Å². The maximum atomic E-state index is 13.8. The van der Waals surface area contributed by atoms with Crippen molar-refractivity contribution in [2.24, 2.45) is 10.9 Å². The first-order valence-electron chi connectivity index (χ1n) is 8.05. The number of ether oxygens (including phenoxy) is 1. The number of benzene rings is 1. The Morgan fingerprint density at radius 3 is 2.54 bits per heavy atom. The Kier molecular flexibility index (Phi) is 4.84. The van der Waals surface area contributed by atoms with E-state index in [1.807, 2.05) is 0 Å². The summed E-state index contributed by atoms with van der Waals surface area (Å²) in [7, 11) is 0. The molecule has 1 aromatic heterocycles. The smallest absolute Gasteiger partial charge is 0.317 e. The lowest BCUT2D eigenvalue weighted by Gasteiger charge is -2.32. The summed E-state index contributed by atoms with van der Waals surface area (Å²) in [6.45, 7) is 7.07. The summed E-state index contributed by atoms with van der Waals surface area (Å²) in [4.78, 5) is 17.2. The third-order valence-electron chi connectivity index (χ3n) is 3.95. The van der Waals surface area contributed by atoms with Gasteiger partial charge >= 0.3 is 5.97 Å². The van der Waals surface area contributed by atoms with Gasteiger partial charge in [0, 0.05) is 11.8 Å². The van der Waals surface area contributed by atoms with Crippen LogP contribution in [-0.2, 0) is 9.53 Å². The Hall–Kier alpha value is -1.92. The molecule has 1 aromatic carbocycles. The number of carbonyl (C=O) groups is 1. The van der Waals surface area contributed by atoms with E-state index in [2.05, 4.69) is 10.1 Å². The van der Waals surface area contributed by atoms with E-state index < -0.39 is 29.5 Å². The Balaban J connectivity index is 2.14. The third-order valence-corrected chi connectivity index (χ3v) is 4.69. The van der Waals surface area contributed by atoms with Gasteiger partial charge in [0.05, 0.1) is 16.1 Å². The van der Waals surface area contributed by atoms with Gasteiger partial charge in [0.1, 0.15) is 11.5 Å². The summed E-state index contributed by atoms with van der Waals surface area (Å²) in [5.41, 5.74) is 0.506. The lowest BCUT2D eigenvalue weighted by molar-refractivity contribution is -0.158. The number of aliphatic imine (C=N–C) groups is 1. The van der Waals surface area contributed by atoms with E-state index in [9.17, 15) is 9.18 Å². The van der Waals surface area contributed by atoms with Crippen molar-refractivity contribution in [2.45, 2.75) is 39.3 Å². The molecule has 1 aliphatic rings. The van der Waals surface area contributed by atoms with Crippen LogP contribution in [0.15, 0.2) is 29.3 Å². The minimum Gasteiger partial charge on any atom is -0.459 e. The first-order chi connectivity index (χ1) is 12.1. The van der Waals surface area contributed by atoms with Crippen molar-refractivity contribution in [1.82, 2.24) is 9.78 Å². The van der Waals surface area contributed by atoms with Crippen LogP contribution in [-0.4, -0.2) is 27.1 Å². The SMILES string of the molecule is CC1=Nc2cc(F)nn2C(c2ccc(Cl)c(Cl)c2)C1C(=O)OC(C)(C)C. The fourth-order valence-electron chi connectivity index (χ4n) is 2.96. The predicted octanol–water partition coefficient (Wildman–Crippen LogP) is 4.98. The minimum absolute atomic E-state index is 0.330. The van der Waals surface area contributed by atoms with Crippen LogP contribution in [0.2, 0.25) is 10.0 Å². The number of nitrogens with zero attached hydrogens (tertiary/aromatic N) is 3. The normalized spacial score (nSPS) is 19.7. The molecule has 3 rings (SSSR count). The van der Waals surface area contributed by atoms with E-state index in [1.54, 1.807) is 45.9 Å². The largest absolute Gasteiger partial charge is 0.459 e. The Morgan fingerprint density at radius 1 is 1.23 bits per heavy atom. The van der Waals surface area contributed by atoms with Crippen LogP contribution < -0.4 is 0 Å². The van der Waals surface area contributed by atoms with E-state index in [1.165, 1.54) is 10.7 Å². The molecule has 0 N–H and O–H groups in total. The molecular weight excluding hydrogens is 380 g/mol. The van der Waals surface area contributed by atoms with Crippen LogP contribution in [0.25, 0.3) is 0 Å². The second-order valence-corrected chi connectivity index (χ2v) is 7.97. The fourth-order valence-corrected chi connectivity index (χ4v) is 3.27. The minimum atomic E-state index is -0.765. The zero-order valence-corrected chi connectivity index (χ0v) is 16.3. The molecule has 1 aliphatic heterocycles. The van der Waals surface area contributed by atoms with Crippen molar-refractivity contribution >= 4 is 40.7 Å². The molecule has 138 valence electrons. The fraction of sp³-hybridized carbons (Fsp3) is 0.389. The number of fused-ring (bicyclic) bond motifs is 1. The highest BCUT2D eigenvalue weighted by Crippen LogP contribution is 2.39. The first-order valence-corrected chi connectivity index (χ1v) is 8.80. The van der Waals surface area contributed by atoms with Crippen molar-refractivity contribution in [3.05, 3.63) is 45.8 Å². The highest BCUT2D eigenvalue weighted by atomic mass is 35.5. The molecule has 8 heteroatoms. The highest BCUT2D eigenvalue weighted by Gasteiger charge is 2.41. The van der Waals surface area contributed by atoms with Gasteiger partial charge in [-0.1, -0.05) is 29.3 Å². The molecule has 0 aliphatic carbocycles. The average molecular weight is 398 g/mol. The Morgan fingerprint density at radius 2 is 1.92 bits per heavy atom. The second kappa shape index (κ2) is 6.67. The number of hydrogen-bond donors (Lipinski definition) is 0.